The largest absolute Gasteiger partial charge is 0.465 e. The van der Waals surface area contributed by atoms with Gasteiger partial charge in [-0.25, -0.2) is 18.7 Å². The number of halogens is 3. The number of ketones is 1. The topological polar surface area (TPSA) is 102 Å². The van der Waals surface area contributed by atoms with Crippen molar-refractivity contribution in [2.24, 2.45) is 0 Å². The molecule has 8 nitrogen and oxygen atoms in total. The van der Waals surface area contributed by atoms with Gasteiger partial charge in [-0.15, -0.1) is 0 Å². The van der Waals surface area contributed by atoms with E-state index in [1.807, 2.05) is 6.92 Å². The normalized spacial score (nSPS) is 19.8. The van der Waals surface area contributed by atoms with Gasteiger partial charge in [0.05, 0.1) is 29.7 Å². The third kappa shape index (κ3) is 4.02. The van der Waals surface area contributed by atoms with Crippen LogP contribution in [0.5, 0.6) is 0 Å². The van der Waals surface area contributed by atoms with Gasteiger partial charge in [0.25, 0.3) is 0 Å². The van der Waals surface area contributed by atoms with Gasteiger partial charge in [-0.1, -0.05) is 34.5 Å². The molecule has 3 rings (SSSR count). The Bertz CT molecular complexity index is 1010. The summed E-state index contributed by atoms with van der Waals surface area (Å²) in [6.45, 7) is 3.08. The van der Waals surface area contributed by atoms with E-state index in [1.165, 1.54) is 6.20 Å². The van der Waals surface area contributed by atoms with Crippen molar-refractivity contribution in [1.29, 1.82) is 0 Å². The lowest BCUT2D eigenvalue weighted by atomic mass is 10.0. The van der Waals surface area contributed by atoms with Crippen LogP contribution in [0.4, 0.5) is 9.18 Å². The Morgan fingerprint density at radius 3 is 2.73 bits per heavy atom. The summed E-state index contributed by atoms with van der Waals surface area (Å²) < 4.78 is 20.8. The van der Waals surface area contributed by atoms with Crippen molar-refractivity contribution < 1.29 is 28.6 Å². The first kappa shape index (κ1) is 22.5. The highest BCUT2D eigenvalue weighted by Crippen LogP contribution is 2.34. The molecule has 1 amide bonds. The molecule has 1 aromatic heterocycles. The predicted octanol–water partition coefficient (Wildman–Crippen LogP) is 3.78. The monoisotopic (exact) mass is 503 g/mol. The van der Waals surface area contributed by atoms with Crippen molar-refractivity contribution in [3.63, 3.8) is 0 Å². The Morgan fingerprint density at radius 1 is 1.43 bits per heavy atom. The van der Waals surface area contributed by atoms with E-state index in [9.17, 15) is 23.9 Å². The fourth-order valence-corrected chi connectivity index (χ4v) is 4.75. The highest BCUT2D eigenvalue weighted by atomic mass is 79.9. The summed E-state index contributed by atoms with van der Waals surface area (Å²) in [6, 6.07) is -1.17. The zero-order valence-electron chi connectivity index (χ0n) is 16.3. The number of fused-ring (bicyclic) bond motifs is 1. The number of aromatic nitrogens is 2. The van der Waals surface area contributed by atoms with Crippen molar-refractivity contribution in [3.05, 3.63) is 27.3 Å². The average Bonchev–Trinajstić information content (AvgIpc) is 3.27. The second-order valence-corrected chi connectivity index (χ2v) is 8.15. The minimum atomic E-state index is -1.56. The summed E-state index contributed by atoms with van der Waals surface area (Å²) in [5.74, 6) is -1.69. The number of likely N-dealkylation sites (tertiary alicyclic amines) is 1. The molecule has 0 radical (unpaired) electrons. The lowest BCUT2D eigenvalue weighted by molar-refractivity contribution is -0.152. The highest BCUT2D eigenvalue weighted by molar-refractivity contribution is 9.10. The molecule has 2 aromatic rings. The molecular formula is C19H20BrClFN3O5. The summed E-state index contributed by atoms with van der Waals surface area (Å²) in [4.78, 5) is 38.1. The predicted molar refractivity (Wildman–Crippen MR) is 111 cm³/mol. The van der Waals surface area contributed by atoms with Crippen molar-refractivity contribution >= 4 is 56.3 Å². The number of amides is 1. The van der Waals surface area contributed by atoms with Crippen LogP contribution in [-0.2, 0) is 20.7 Å². The van der Waals surface area contributed by atoms with Gasteiger partial charge in [0, 0.05) is 22.5 Å². The standard InChI is InChI=1S/C19H20BrClFN3O5/c1-3-10-12(20)6-13(21)11-8-25(23-15(10)11)16(18(27)30-4-2)17(26)14-5-9(22)7-24(14)19(28)29/h6,8-9,14,16H,3-5,7H2,1-2H3,(H,28,29)/t9-,14+,16?/m1/s1. The molecule has 2 heterocycles. The van der Waals surface area contributed by atoms with Crippen LogP contribution in [-0.4, -0.2) is 63.0 Å². The molecule has 1 unspecified atom stereocenters. The van der Waals surface area contributed by atoms with E-state index in [1.54, 1.807) is 13.0 Å². The number of carbonyl (C=O) groups is 3. The molecular weight excluding hydrogens is 485 g/mol. The fraction of sp³-hybridized carbons (Fsp3) is 0.474. The number of Topliss-reactive ketones (excluding diaryl/α,β-unsaturated/α-hetero) is 1. The SMILES string of the molecule is CCOC(=O)C(C(=O)[C@@H]1C[C@@H](F)CN1C(=O)O)n1cc2c(Cl)cc(Br)c(CC)c2n1. The summed E-state index contributed by atoms with van der Waals surface area (Å²) in [6.07, 6.45) is -1.18. The van der Waals surface area contributed by atoms with E-state index in [4.69, 9.17) is 16.3 Å². The van der Waals surface area contributed by atoms with E-state index in [-0.39, 0.29) is 13.0 Å². The van der Waals surface area contributed by atoms with Gasteiger partial charge >= 0.3 is 12.1 Å². The number of nitrogens with zero attached hydrogens (tertiary/aromatic N) is 3. The van der Waals surface area contributed by atoms with Crippen LogP contribution in [0.1, 0.15) is 31.9 Å². The zero-order valence-corrected chi connectivity index (χ0v) is 18.6. The molecule has 11 heteroatoms. The Labute approximate surface area is 185 Å². The molecule has 1 aliphatic heterocycles. The maximum Gasteiger partial charge on any atom is 0.408 e. The van der Waals surface area contributed by atoms with Gasteiger partial charge in [0.2, 0.25) is 6.04 Å². The van der Waals surface area contributed by atoms with Gasteiger partial charge < -0.3 is 9.84 Å². The van der Waals surface area contributed by atoms with Gasteiger partial charge in [0.1, 0.15) is 6.17 Å². The van der Waals surface area contributed by atoms with Crippen LogP contribution in [0.15, 0.2) is 16.7 Å². The van der Waals surface area contributed by atoms with Crippen molar-refractivity contribution in [1.82, 2.24) is 14.7 Å². The summed E-state index contributed by atoms with van der Waals surface area (Å²) in [5, 5.41) is 14.7. The van der Waals surface area contributed by atoms with Crippen LogP contribution in [0, 0.1) is 0 Å². The number of hydrogen-bond acceptors (Lipinski definition) is 5. The summed E-state index contributed by atoms with van der Waals surface area (Å²) in [5.41, 5.74) is 1.34. The molecule has 30 heavy (non-hydrogen) atoms. The Morgan fingerprint density at radius 2 is 2.13 bits per heavy atom. The van der Waals surface area contributed by atoms with Crippen LogP contribution >= 0.6 is 27.5 Å². The first-order chi connectivity index (χ1) is 14.2. The van der Waals surface area contributed by atoms with Crippen LogP contribution in [0.2, 0.25) is 5.02 Å². The fourth-order valence-electron chi connectivity index (χ4n) is 3.67. The van der Waals surface area contributed by atoms with Crippen LogP contribution < -0.4 is 0 Å². The van der Waals surface area contributed by atoms with Gasteiger partial charge in [-0.05, 0) is 25.0 Å². The summed E-state index contributed by atoms with van der Waals surface area (Å²) >= 11 is 9.76. The number of esters is 1. The second-order valence-electron chi connectivity index (χ2n) is 6.88. The minimum absolute atomic E-state index is 0.00889. The molecule has 0 spiro atoms. The molecule has 0 bridgehead atoms. The van der Waals surface area contributed by atoms with Gasteiger partial charge in [0.15, 0.2) is 5.78 Å². The number of rotatable bonds is 6. The Kier molecular flexibility index (Phi) is 6.66. The third-order valence-electron chi connectivity index (χ3n) is 5.04. The Balaban J connectivity index is 2.11. The molecule has 1 aliphatic rings. The summed E-state index contributed by atoms with van der Waals surface area (Å²) in [7, 11) is 0. The van der Waals surface area contributed by atoms with Crippen molar-refractivity contribution in [3.8, 4) is 0 Å². The minimum Gasteiger partial charge on any atom is -0.465 e. The molecule has 3 atom stereocenters. The molecule has 1 aromatic carbocycles. The van der Waals surface area contributed by atoms with Crippen molar-refractivity contribution in [2.45, 2.75) is 44.9 Å². The lowest BCUT2D eigenvalue weighted by Gasteiger charge is -2.24. The molecule has 0 saturated carbocycles. The molecule has 0 aliphatic carbocycles. The van der Waals surface area contributed by atoms with Gasteiger partial charge in [-0.2, -0.15) is 5.10 Å². The number of aryl methyl sites for hydroxylation is 1. The van der Waals surface area contributed by atoms with E-state index < -0.39 is 42.6 Å². The third-order valence-corrected chi connectivity index (χ3v) is 6.06. The van der Waals surface area contributed by atoms with E-state index in [0.29, 0.717) is 27.2 Å². The second kappa shape index (κ2) is 8.89. The Hall–Kier alpha value is -2.20. The quantitative estimate of drug-likeness (QED) is 0.475. The van der Waals surface area contributed by atoms with Crippen LogP contribution in [0.3, 0.4) is 0 Å². The van der Waals surface area contributed by atoms with E-state index >= 15 is 0 Å². The smallest absolute Gasteiger partial charge is 0.408 e. The zero-order chi connectivity index (χ0) is 22.2. The number of carboxylic acid groups (broad SMARTS) is 1. The lowest BCUT2D eigenvalue weighted by Crippen LogP contribution is -2.45. The number of ether oxygens (including phenoxy) is 1. The first-order valence-electron chi connectivity index (χ1n) is 9.39. The molecule has 1 saturated heterocycles. The molecule has 1 N–H and O–H groups in total. The number of carbonyl (C=O) groups excluding carboxylic acids is 2. The van der Waals surface area contributed by atoms with Crippen LogP contribution in [0.25, 0.3) is 10.9 Å². The van der Waals surface area contributed by atoms with E-state index in [0.717, 1.165) is 14.7 Å². The van der Waals surface area contributed by atoms with Crippen molar-refractivity contribution in [2.75, 3.05) is 13.2 Å². The molecule has 1 fully saturated rings. The number of alkyl halides is 1. The average molecular weight is 505 g/mol. The maximum absolute atomic E-state index is 13.9. The molecule has 162 valence electrons. The maximum atomic E-state index is 13.9. The highest BCUT2D eigenvalue weighted by Gasteiger charge is 2.45. The van der Waals surface area contributed by atoms with E-state index in [2.05, 4.69) is 21.0 Å². The number of hydrogen-bond donors (Lipinski definition) is 1. The number of benzene rings is 1. The van der Waals surface area contributed by atoms with Gasteiger partial charge in [-0.3, -0.25) is 9.69 Å². The first-order valence-corrected chi connectivity index (χ1v) is 10.6.